The highest BCUT2D eigenvalue weighted by molar-refractivity contribution is 7.91. The van der Waals surface area contributed by atoms with Gasteiger partial charge in [-0.1, -0.05) is 30.3 Å². The van der Waals surface area contributed by atoms with E-state index in [9.17, 15) is 13.2 Å². The molecule has 2 aromatic rings. The molecule has 1 heterocycles. The molecule has 1 unspecified atom stereocenters. The summed E-state index contributed by atoms with van der Waals surface area (Å²) in [7, 11) is -0.985. The van der Waals surface area contributed by atoms with Gasteiger partial charge in [-0.3, -0.25) is 4.79 Å². The van der Waals surface area contributed by atoms with Crippen molar-refractivity contribution in [3.63, 3.8) is 0 Å². The Morgan fingerprint density at radius 1 is 1.12 bits per heavy atom. The Balaban J connectivity index is 1.53. The van der Waals surface area contributed by atoms with E-state index in [0.29, 0.717) is 19.3 Å². The molecule has 1 aliphatic rings. The van der Waals surface area contributed by atoms with Gasteiger partial charge in [-0.05, 0) is 42.7 Å². The zero-order valence-corrected chi connectivity index (χ0v) is 15.7. The lowest BCUT2D eigenvalue weighted by atomic mass is 10.1. The van der Waals surface area contributed by atoms with Crippen molar-refractivity contribution >= 4 is 27.1 Å². The number of nitrogens with one attached hydrogen (secondary N) is 1. The van der Waals surface area contributed by atoms with E-state index in [1.807, 2.05) is 66.5 Å². The largest absolute Gasteiger partial charge is 0.371 e. The number of carbonyl (C=O) groups excluding carboxylic acids is 1. The van der Waals surface area contributed by atoms with E-state index < -0.39 is 9.84 Å². The number of nitrogens with zero attached hydrogens (tertiary/aromatic N) is 1. The van der Waals surface area contributed by atoms with Gasteiger partial charge >= 0.3 is 0 Å². The first-order valence-electron chi connectivity index (χ1n) is 8.80. The van der Waals surface area contributed by atoms with Crippen LogP contribution in [0.3, 0.4) is 0 Å². The Morgan fingerprint density at radius 2 is 1.81 bits per heavy atom. The summed E-state index contributed by atoms with van der Waals surface area (Å²) in [6, 6.07) is 17.5. The second-order valence-corrected chi connectivity index (χ2v) is 8.98. The van der Waals surface area contributed by atoms with E-state index in [0.717, 1.165) is 16.9 Å². The lowest BCUT2D eigenvalue weighted by molar-refractivity contribution is -0.116. The minimum atomic E-state index is -2.90. The lowest BCUT2D eigenvalue weighted by Gasteiger charge is -2.25. The van der Waals surface area contributed by atoms with Crippen LogP contribution in [0.15, 0.2) is 54.6 Å². The molecule has 2 aromatic carbocycles. The Bertz CT molecular complexity index is 848. The molecular weight excluding hydrogens is 348 g/mol. The smallest absolute Gasteiger partial charge is 0.224 e. The van der Waals surface area contributed by atoms with Crippen LogP contribution in [-0.4, -0.2) is 38.9 Å². The Labute approximate surface area is 154 Å². The van der Waals surface area contributed by atoms with Crippen molar-refractivity contribution in [2.45, 2.75) is 25.3 Å². The molecule has 0 aliphatic carbocycles. The van der Waals surface area contributed by atoms with Gasteiger partial charge in [0.2, 0.25) is 5.91 Å². The van der Waals surface area contributed by atoms with Gasteiger partial charge in [-0.15, -0.1) is 0 Å². The van der Waals surface area contributed by atoms with E-state index in [1.54, 1.807) is 0 Å². The lowest BCUT2D eigenvalue weighted by Crippen LogP contribution is -2.32. The molecule has 3 rings (SSSR count). The molecule has 1 aliphatic heterocycles. The van der Waals surface area contributed by atoms with E-state index in [4.69, 9.17) is 0 Å². The van der Waals surface area contributed by atoms with Gasteiger partial charge in [0.1, 0.15) is 0 Å². The first-order valence-corrected chi connectivity index (χ1v) is 10.6. The molecule has 26 heavy (non-hydrogen) atoms. The Kier molecular flexibility index (Phi) is 5.61. The fourth-order valence-corrected chi connectivity index (χ4v) is 4.97. The predicted octanol–water partition coefficient (Wildman–Crippen LogP) is 2.88. The molecule has 1 fully saturated rings. The molecule has 0 bridgehead atoms. The highest BCUT2D eigenvalue weighted by Gasteiger charge is 2.30. The van der Waals surface area contributed by atoms with Crippen LogP contribution >= 0.6 is 0 Å². The highest BCUT2D eigenvalue weighted by Crippen LogP contribution is 2.24. The Hall–Kier alpha value is -2.34. The topological polar surface area (TPSA) is 66.5 Å². The van der Waals surface area contributed by atoms with E-state index in [2.05, 4.69) is 5.32 Å². The van der Waals surface area contributed by atoms with Crippen molar-refractivity contribution in [2.75, 3.05) is 28.8 Å². The van der Waals surface area contributed by atoms with Crippen LogP contribution < -0.4 is 10.2 Å². The predicted molar refractivity (Wildman–Crippen MR) is 105 cm³/mol. The number of aryl methyl sites for hydroxylation is 1. The maximum absolute atomic E-state index is 12.1. The van der Waals surface area contributed by atoms with E-state index in [1.165, 1.54) is 0 Å². The summed E-state index contributed by atoms with van der Waals surface area (Å²) in [6.07, 6.45) is 1.81. The number of amides is 1. The van der Waals surface area contributed by atoms with E-state index >= 15 is 0 Å². The third kappa shape index (κ3) is 4.85. The fraction of sp³-hybridized carbons (Fsp3) is 0.350. The Morgan fingerprint density at radius 3 is 2.42 bits per heavy atom. The molecule has 5 nitrogen and oxygen atoms in total. The normalized spacial score (nSPS) is 18.4. The molecule has 0 aromatic heterocycles. The molecule has 1 atom stereocenters. The average molecular weight is 372 g/mol. The van der Waals surface area contributed by atoms with Gasteiger partial charge in [-0.2, -0.15) is 0 Å². The molecule has 1 amide bonds. The van der Waals surface area contributed by atoms with Gasteiger partial charge in [0.25, 0.3) is 0 Å². The van der Waals surface area contributed by atoms with Crippen LogP contribution in [0.5, 0.6) is 0 Å². The van der Waals surface area contributed by atoms with Crippen molar-refractivity contribution in [1.29, 1.82) is 0 Å². The molecular formula is C20H24N2O3S. The zero-order valence-electron chi connectivity index (χ0n) is 14.9. The average Bonchev–Trinajstić information content (AvgIpc) is 3.01. The monoisotopic (exact) mass is 372 g/mol. The quantitative estimate of drug-likeness (QED) is 0.847. The number of rotatable bonds is 6. The second-order valence-electron chi connectivity index (χ2n) is 6.75. The van der Waals surface area contributed by atoms with Crippen LogP contribution in [0, 0.1) is 0 Å². The molecule has 1 N–H and O–H groups in total. The number of anilines is 2. The van der Waals surface area contributed by atoms with Crippen molar-refractivity contribution in [3.05, 3.63) is 60.2 Å². The minimum Gasteiger partial charge on any atom is -0.371 e. The summed E-state index contributed by atoms with van der Waals surface area (Å²) < 4.78 is 23.3. The van der Waals surface area contributed by atoms with Crippen LogP contribution in [0.1, 0.15) is 18.4 Å². The maximum atomic E-state index is 12.1. The summed E-state index contributed by atoms with van der Waals surface area (Å²) in [4.78, 5) is 14.1. The van der Waals surface area contributed by atoms with Gasteiger partial charge in [0.05, 0.1) is 11.5 Å². The van der Waals surface area contributed by atoms with Gasteiger partial charge < -0.3 is 10.2 Å². The highest BCUT2D eigenvalue weighted by atomic mass is 32.2. The summed E-state index contributed by atoms with van der Waals surface area (Å²) in [5.74, 6) is 0.454. The first kappa shape index (κ1) is 18.5. The summed E-state index contributed by atoms with van der Waals surface area (Å²) in [5, 5.41) is 2.91. The number of hydrogen-bond donors (Lipinski definition) is 1. The number of sulfone groups is 1. The summed E-state index contributed by atoms with van der Waals surface area (Å²) in [6.45, 7) is 0. The molecule has 1 saturated heterocycles. The summed E-state index contributed by atoms with van der Waals surface area (Å²) >= 11 is 0. The summed E-state index contributed by atoms with van der Waals surface area (Å²) in [5.41, 5.74) is 2.85. The number of carbonyl (C=O) groups is 1. The first-order chi connectivity index (χ1) is 12.4. The molecule has 138 valence electrons. The third-order valence-electron chi connectivity index (χ3n) is 4.80. The second kappa shape index (κ2) is 7.91. The number of hydrogen-bond acceptors (Lipinski definition) is 4. The van der Waals surface area contributed by atoms with Crippen molar-refractivity contribution in [3.8, 4) is 0 Å². The van der Waals surface area contributed by atoms with Gasteiger partial charge in [0.15, 0.2) is 9.84 Å². The SMILES string of the molecule is CN(c1ccc(NC(=O)CCc2ccccc2)cc1)C1CCS(=O)(=O)C1. The number of benzene rings is 2. The van der Waals surface area contributed by atoms with Crippen molar-refractivity contribution < 1.29 is 13.2 Å². The zero-order chi connectivity index (χ0) is 18.6. The van der Waals surface area contributed by atoms with Crippen LogP contribution in [0.2, 0.25) is 0 Å². The molecule has 6 heteroatoms. The molecule has 0 saturated carbocycles. The molecule has 0 radical (unpaired) electrons. The van der Waals surface area contributed by atoms with Crippen molar-refractivity contribution in [1.82, 2.24) is 0 Å². The fourth-order valence-electron chi connectivity index (χ4n) is 3.20. The standard InChI is InChI=1S/C20H24N2O3S/c1-22(19-13-14-26(24,25)15-19)18-10-8-17(9-11-18)21-20(23)12-7-16-5-3-2-4-6-16/h2-6,8-11,19H,7,12-15H2,1H3,(H,21,23). The minimum absolute atomic E-state index is 0.0168. The third-order valence-corrected chi connectivity index (χ3v) is 6.55. The van der Waals surface area contributed by atoms with Gasteiger partial charge in [0, 0.05) is 30.9 Å². The van der Waals surface area contributed by atoms with Crippen molar-refractivity contribution in [2.24, 2.45) is 0 Å². The van der Waals surface area contributed by atoms with Crippen LogP contribution in [-0.2, 0) is 21.1 Å². The van der Waals surface area contributed by atoms with Gasteiger partial charge in [-0.25, -0.2) is 8.42 Å². The molecule has 0 spiro atoms. The maximum Gasteiger partial charge on any atom is 0.224 e. The van der Waals surface area contributed by atoms with Crippen LogP contribution in [0.4, 0.5) is 11.4 Å². The van der Waals surface area contributed by atoms with Crippen LogP contribution in [0.25, 0.3) is 0 Å². The van der Waals surface area contributed by atoms with E-state index in [-0.39, 0.29) is 23.5 Å².